The van der Waals surface area contributed by atoms with Gasteiger partial charge >= 0.3 is 38.6 Å². The zero-order valence-electron chi connectivity index (χ0n) is 2.19. The summed E-state index contributed by atoms with van der Waals surface area (Å²) in [7, 11) is 0. The zero-order chi connectivity index (χ0) is 0. The van der Waals surface area contributed by atoms with E-state index < -0.39 is 0 Å². The van der Waals surface area contributed by atoms with Gasteiger partial charge in [-0.3, -0.25) is 0 Å². The molecule has 0 amide bonds. The van der Waals surface area contributed by atoms with Crippen LogP contribution in [0.3, 0.4) is 0 Å². The molecule has 0 aromatic rings. The van der Waals surface area contributed by atoms with E-state index in [1.807, 2.05) is 0 Å². The summed E-state index contributed by atoms with van der Waals surface area (Å²) in [6.45, 7) is 0. The maximum absolute atomic E-state index is 0. The number of hydrogen-bond donors (Lipinski definition) is 0. The molecule has 0 saturated carbocycles. The van der Waals surface area contributed by atoms with Crippen LogP contribution in [0.5, 0.6) is 0 Å². The summed E-state index contributed by atoms with van der Waals surface area (Å²) >= 11 is 0. The van der Waals surface area contributed by atoms with E-state index in [9.17, 15) is 0 Å². The van der Waals surface area contributed by atoms with Crippen LogP contribution in [0.15, 0.2) is 0 Å². The van der Waals surface area contributed by atoms with Gasteiger partial charge in [-0.25, -0.2) is 0 Å². The Kier molecular flexibility index (Phi) is 1750. The van der Waals surface area contributed by atoms with Crippen molar-refractivity contribution in [1.82, 2.24) is 0 Å². The predicted octanol–water partition coefficient (Wildman–Crippen LogP) is -1.95. The van der Waals surface area contributed by atoms with Crippen LogP contribution >= 0.6 is 0 Å². The summed E-state index contributed by atoms with van der Waals surface area (Å²) in [5.74, 6) is 0. The van der Waals surface area contributed by atoms with Gasteiger partial charge in [0, 0.05) is 0 Å². The van der Waals surface area contributed by atoms with Crippen LogP contribution < -0.4 is 0 Å². The van der Waals surface area contributed by atoms with Crippen LogP contribution in [0.25, 0.3) is 0 Å². The molecule has 0 aliphatic carbocycles. The largest absolute Gasteiger partial charge is 3.00 e. The van der Waals surface area contributed by atoms with Crippen LogP contribution in [0, 0.1) is 38.6 Å². The Balaban J connectivity index is 0. The molecule has 0 bridgehead atoms. The Labute approximate surface area is 60.2 Å². The summed E-state index contributed by atoms with van der Waals surface area (Å²) in [6, 6.07) is 0. The molecular weight excluding hydrogens is 223 g/mol. The first kappa shape index (κ1) is 127. The molecule has 5 heavy (non-hydrogen) atoms. The second-order valence-electron chi connectivity index (χ2n) is 0. The third-order valence-corrected chi connectivity index (χ3v) is 0. The van der Waals surface area contributed by atoms with Crippen molar-refractivity contribution < 1.29 is 60.5 Å². The number of rotatable bonds is 0. The number of hydrogen-bond acceptors (Lipinski definition) is 1. The van der Waals surface area contributed by atoms with Gasteiger partial charge in [0.1, 0.15) is 0 Å². The zero-order valence-corrected chi connectivity index (χ0v) is 4.33. The first-order valence-corrected chi connectivity index (χ1v) is 0. The van der Waals surface area contributed by atoms with Gasteiger partial charge in [-0.15, -0.1) is 0 Å². The van der Waals surface area contributed by atoms with Crippen LogP contribution in [0.4, 0.5) is 0 Å². The fourth-order valence-electron chi connectivity index (χ4n) is 0. The molecule has 5 N–H and O–H groups in total. The van der Waals surface area contributed by atoms with E-state index in [1.165, 1.54) is 0 Å². The van der Waals surface area contributed by atoms with E-state index in [-0.39, 0.29) is 60.5 Å². The first-order valence-electron chi connectivity index (χ1n) is 0. The van der Waals surface area contributed by atoms with Crippen molar-refractivity contribution in [3.63, 3.8) is 0 Å². The van der Waals surface area contributed by atoms with E-state index >= 15 is 0 Å². The smallest absolute Gasteiger partial charge is 2.00 e. The van der Waals surface area contributed by atoms with Crippen molar-refractivity contribution in [3.05, 3.63) is 0 Å². The van der Waals surface area contributed by atoms with E-state index in [4.69, 9.17) is 0 Å². The van der Waals surface area contributed by atoms with Crippen molar-refractivity contribution in [2.24, 2.45) is 0 Å². The molecular formula is H5O4Tb. The van der Waals surface area contributed by atoms with Gasteiger partial charge in [0.25, 0.3) is 0 Å². The van der Waals surface area contributed by atoms with Gasteiger partial charge in [0.15, 0.2) is 0 Å². The van der Waals surface area contributed by atoms with Crippen molar-refractivity contribution in [1.29, 1.82) is 0 Å². The average molecular weight is 228 g/mol. The van der Waals surface area contributed by atoms with Crippen LogP contribution in [-0.2, 0) is 5.48 Å². The van der Waals surface area contributed by atoms with Crippen molar-refractivity contribution in [3.8, 4) is 0 Å². The second-order valence-corrected chi connectivity index (χ2v) is 0. The molecule has 0 heterocycles. The van der Waals surface area contributed by atoms with Gasteiger partial charge in [-0.1, -0.05) is 0 Å². The molecule has 4 nitrogen and oxygen atoms in total. The average Bonchev–Trinajstić information content (AvgIpc) is 0. The molecule has 0 aliphatic rings. The molecule has 0 aromatic carbocycles. The molecule has 0 fully saturated rings. The summed E-state index contributed by atoms with van der Waals surface area (Å²) < 4.78 is 0. The van der Waals surface area contributed by atoms with Gasteiger partial charge in [0.05, 0.1) is 0 Å². The minimum absolute atomic E-state index is 0. The fourth-order valence-corrected chi connectivity index (χ4v) is 0. The van der Waals surface area contributed by atoms with E-state index in [0.29, 0.717) is 0 Å². The first-order chi connectivity index (χ1) is 0. The van der Waals surface area contributed by atoms with E-state index in [0.717, 1.165) is 0 Å². The Morgan fingerprint density at radius 2 is 0.800 bits per heavy atom. The van der Waals surface area contributed by atoms with Gasteiger partial charge in [0.2, 0.25) is 0 Å². The van der Waals surface area contributed by atoms with Gasteiger partial charge in [-0.05, 0) is 0 Å². The SMILES string of the molecule is O.O.[O-2].[OH-].[Tb+3]. The summed E-state index contributed by atoms with van der Waals surface area (Å²) in [6.07, 6.45) is 0. The maximum atomic E-state index is 0. The summed E-state index contributed by atoms with van der Waals surface area (Å²) in [5.41, 5.74) is 0. The molecule has 0 rings (SSSR count). The molecule has 38 valence electrons. The molecule has 0 aliphatic heterocycles. The van der Waals surface area contributed by atoms with Gasteiger partial charge in [-0.2, -0.15) is 0 Å². The molecule has 0 saturated heterocycles. The van der Waals surface area contributed by atoms with Crippen molar-refractivity contribution >= 4 is 0 Å². The summed E-state index contributed by atoms with van der Waals surface area (Å²) in [4.78, 5) is 0. The Morgan fingerprint density at radius 1 is 0.800 bits per heavy atom. The second kappa shape index (κ2) is 68.8. The van der Waals surface area contributed by atoms with Crippen LogP contribution in [-0.4, -0.2) is 16.4 Å². The van der Waals surface area contributed by atoms with Crippen molar-refractivity contribution in [2.75, 3.05) is 0 Å². The minimum Gasteiger partial charge on any atom is -2.00 e. The van der Waals surface area contributed by atoms with Gasteiger partial charge < -0.3 is 21.9 Å². The standard InChI is InChI=1S/3H2O.O.Tb/h3*1H2;;/q;;;-2;+3/p-1. The molecule has 0 spiro atoms. The molecule has 0 atom stereocenters. The summed E-state index contributed by atoms with van der Waals surface area (Å²) in [5, 5.41) is 0. The monoisotopic (exact) mass is 228 g/mol. The van der Waals surface area contributed by atoms with E-state index in [2.05, 4.69) is 0 Å². The third kappa shape index (κ3) is 39.5. The molecule has 0 aromatic heterocycles. The van der Waals surface area contributed by atoms with Crippen LogP contribution in [0.2, 0.25) is 0 Å². The molecule has 0 unspecified atom stereocenters. The normalized spacial score (nSPS) is 0. The minimum atomic E-state index is 0. The quantitative estimate of drug-likeness (QED) is 0.470. The van der Waals surface area contributed by atoms with Crippen LogP contribution in [0.1, 0.15) is 0 Å². The maximum Gasteiger partial charge on any atom is 3.00 e. The molecule has 5 heteroatoms. The molecule has 0 radical (unpaired) electrons. The van der Waals surface area contributed by atoms with Crippen molar-refractivity contribution in [2.45, 2.75) is 0 Å². The Bertz CT molecular complexity index is 3.61. The van der Waals surface area contributed by atoms with E-state index in [1.54, 1.807) is 0 Å². The fraction of sp³-hybridized carbons (Fsp3) is 0. The third-order valence-electron chi connectivity index (χ3n) is 0. The topological polar surface area (TPSA) is 122 Å². The Morgan fingerprint density at radius 3 is 0.800 bits per heavy atom. The predicted molar refractivity (Wildman–Crippen MR) is 9.85 cm³/mol. The Hall–Kier alpha value is 1.13.